The van der Waals surface area contributed by atoms with Gasteiger partial charge < -0.3 is 10.6 Å². The topological polar surface area (TPSA) is 106 Å². The van der Waals surface area contributed by atoms with Gasteiger partial charge in [-0.15, -0.1) is 0 Å². The van der Waals surface area contributed by atoms with Crippen molar-refractivity contribution in [3.05, 3.63) is 24.0 Å². The number of rotatable bonds is 7. The van der Waals surface area contributed by atoms with Crippen LogP contribution in [0.3, 0.4) is 0 Å². The third-order valence-electron chi connectivity index (χ3n) is 5.12. The fourth-order valence-corrected chi connectivity index (χ4v) is 3.86. The molecule has 144 valence electrons. The summed E-state index contributed by atoms with van der Waals surface area (Å²) < 4.78 is 0. The lowest BCUT2D eigenvalue weighted by molar-refractivity contribution is 0.0858. The Labute approximate surface area is 160 Å². The molecule has 27 heavy (non-hydrogen) atoms. The molecular formula is C19H28N8. The average Bonchev–Trinajstić information content (AvgIpc) is 3.05. The van der Waals surface area contributed by atoms with Crippen LogP contribution in [0.4, 0.5) is 17.6 Å². The first kappa shape index (κ1) is 19.1. The molecule has 1 aliphatic heterocycles. The number of aromatic amines is 1. The van der Waals surface area contributed by atoms with Gasteiger partial charge in [-0.3, -0.25) is 10.00 Å². The molecule has 1 aliphatic rings. The molecule has 0 aromatic carbocycles. The quantitative estimate of drug-likeness (QED) is 0.689. The predicted octanol–water partition coefficient (Wildman–Crippen LogP) is 3.21. The van der Waals surface area contributed by atoms with Gasteiger partial charge in [0.25, 0.3) is 0 Å². The second-order valence-corrected chi connectivity index (χ2v) is 7.20. The number of hydrogen-bond acceptors (Lipinski definition) is 7. The first-order chi connectivity index (χ1) is 13.1. The highest BCUT2D eigenvalue weighted by atomic mass is 15.2. The van der Waals surface area contributed by atoms with Crippen LogP contribution in [0.2, 0.25) is 0 Å². The van der Waals surface area contributed by atoms with Crippen LogP contribution in [0.1, 0.15) is 45.2 Å². The van der Waals surface area contributed by atoms with Crippen molar-refractivity contribution in [1.82, 2.24) is 25.1 Å². The maximum Gasteiger partial charge on any atom is 0.224 e. The van der Waals surface area contributed by atoms with E-state index in [0.29, 0.717) is 36.3 Å². The molecule has 3 heterocycles. The number of likely N-dealkylation sites (tertiary alicyclic amines) is 1. The van der Waals surface area contributed by atoms with E-state index >= 15 is 0 Å². The van der Waals surface area contributed by atoms with E-state index in [1.807, 2.05) is 19.1 Å². The number of piperidine rings is 1. The third kappa shape index (κ3) is 4.95. The minimum absolute atomic E-state index is 0.325. The minimum Gasteiger partial charge on any atom is -0.351 e. The molecule has 3 rings (SSSR count). The van der Waals surface area contributed by atoms with Gasteiger partial charge in [0.05, 0.1) is 6.07 Å². The Morgan fingerprint density at radius 2 is 2.22 bits per heavy atom. The van der Waals surface area contributed by atoms with Gasteiger partial charge in [-0.05, 0) is 39.2 Å². The van der Waals surface area contributed by atoms with Gasteiger partial charge >= 0.3 is 0 Å². The molecule has 1 saturated heterocycles. The van der Waals surface area contributed by atoms with Crippen molar-refractivity contribution in [1.29, 1.82) is 5.26 Å². The number of hydrogen-bond donors (Lipinski definition) is 3. The first-order valence-electron chi connectivity index (χ1n) is 9.60. The van der Waals surface area contributed by atoms with E-state index in [9.17, 15) is 0 Å². The van der Waals surface area contributed by atoms with Gasteiger partial charge in [0.2, 0.25) is 5.95 Å². The van der Waals surface area contributed by atoms with E-state index in [-0.39, 0.29) is 0 Å². The smallest absolute Gasteiger partial charge is 0.224 e. The Balaban J connectivity index is 1.63. The van der Waals surface area contributed by atoms with E-state index in [0.717, 1.165) is 37.3 Å². The fourth-order valence-electron chi connectivity index (χ4n) is 3.86. The fraction of sp³-hybridized carbons (Fsp3) is 0.579. The summed E-state index contributed by atoms with van der Waals surface area (Å²) in [6, 6.07) is 7.27. The zero-order valence-electron chi connectivity index (χ0n) is 16.2. The van der Waals surface area contributed by atoms with Gasteiger partial charge in [-0.1, -0.05) is 6.92 Å². The van der Waals surface area contributed by atoms with Gasteiger partial charge in [0, 0.05) is 49.0 Å². The summed E-state index contributed by atoms with van der Waals surface area (Å²) in [7, 11) is 0. The number of aryl methyl sites for hydroxylation is 1. The summed E-state index contributed by atoms with van der Waals surface area (Å²) in [5.74, 6) is 2.08. The molecule has 1 fully saturated rings. The highest BCUT2D eigenvalue weighted by Crippen LogP contribution is 2.27. The van der Waals surface area contributed by atoms with Crippen LogP contribution in [0.5, 0.6) is 0 Å². The highest BCUT2D eigenvalue weighted by molar-refractivity contribution is 5.52. The van der Waals surface area contributed by atoms with Crippen molar-refractivity contribution in [3.63, 3.8) is 0 Å². The summed E-state index contributed by atoms with van der Waals surface area (Å²) in [6.07, 6.45) is 5.46. The van der Waals surface area contributed by atoms with Crippen LogP contribution < -0.4 is 10.6 Å². The lowest BCUT2D eigenvalue weighted by Gasteiger charge is -2.43. The Morgan fingerprint density at radius 1 is 1.37 bits per heavy atom. The molecule has 0 saturated carbocycles. The van der Waals surface area contributed by atoms with E-state index in [4.69, 9.17) is 5.26 Å². The molecule has 0 aliphatic carbocycles. The molecule has 3 N–H and O–H groups in total. The lowest BCUT2D eigenvalue weighted by Crippen LogP contribution is -2.51. The highest BCUT2D eigenvalue weighted by Gasteiger charge is 2.32. The second kappa shape index (κ2) is 8.82. The maximum atomic E-state index is 8.90. The zero-order valence-corrected chi connectivity index (χ0v) is 16.2. The average molecular weight is 368 g/mol. The van der Waals surface area contributed by atoms with Crippen molar-refractivity contribution in [2.45, 2.75) is 64.6 Å². The van der Waals surface area contributed by atoms with E-state index in [2.05, 4.69) is 55.6 Å². The molecule has 0 radical (unpaired) electrons. The van der Waals surface area contributed by atoms with Crippen LogP contribution in [0.15, 0.2) is 18.3 Å². The monoisotopic (exact) mass is 368 g/mol. The summed E-state index contributed by atoms with van der Waals surface area (Å²) in [5, 5.41) is 22.7. The number of nitrogens with zero attached hydrogens (tertiary/aromatic N) is 5. The lowest BCUT2D eigenvalue weighted by atomic mass is 9.90. The van der Waals surface area contributed by atoms with Crippen molar-refractivity contribution in [2.24, 2.45) is 0 Å². The van der Waals surface area contributed by atoms with Gasteiger partial charge in [-0.25, -0.2) is 4.98 Å². The van der Waals surface area contributed by atoms with E-state index < -0.39 is 0 Å². The number of anilines is 3. The number of H-pyrrole nitrogens is 1. The van der Waals surface area contributed by atoms with Crippen LogP contribution >= 0.6 is 0 Å². The van der Waals surface area contributed by atoms with Gasteiger partial charge in [-0.2, -0.15) is 15.3 Å². The Bertz CT molecular complexity index is 780. The Hall–Kier alpha value is -2.66. The molecular weight excluding hydrogens is 340 g/mol. The minimum atomic E-state index is 0.325. The van der Waals surface area contributed by atoms with Crippen LogP contribution in [-0.2, 0) is 0 Å². The SMILES string of the molecule is CCC1CC(Nc2nccc(Nc3cc(C)[nH]n3)n2)CC(C)N1CCC#N. The molecule has 8 heteroatoms. The molecule has 2 aromatic heterocycles. The molecule has 0 amide bonds. The van der Waals surface area contributed by atoms with E-state index in [1.165, 1.54) is 0 Å². The Morgan fingerprint density at radius 3 is 2.93 bits per heavy atom. The van der Waals surface area contributed by atoms with Gasteiger partial charge in [0.1, 0.15) is 5.82 Å². The molecule has 0 bridgehead atoms. The van der Waals surface area contributed by atoms with Crippen molar-refractivity contribution < 1.29 is 0 Å². The normalized spacial score (nSPS) is 23.0. The van der Waals surface area contributed by atoms with Crippen LogP contribution in [-0.4, -0.2) is 49.7 Å². The van der Waals surface area contributed by atoms with Crippen molar-refractivity contribution in [3.8, 4) is 6.07 Å². The largest absolute Gasteiger partial charge is 0.351 e. The maximum absolute atomic E-state index is 8.90. The van der Waals surface area contributed by atoms with Crippen LogP contribution in [0, 0.1) is 18.3 Å². The molecule has 3 unspecified atom stereocenters. The second-order valence-electron chi connectivity index (χ2n) is 7.20. The summed E-state index contributed by atoms with van der Waals surface area (Å²) in [5.41, 5.74) is 0.993. The van der Waals surface area contributed by atoms with Crippen molar-refractivity contribution in [2.75, 3.05) is 17.2 Å². The van der Waals surface area contributed by atoms with Gasteiger partial charge in [0.15, 0.2) is 5.82 Å². The number of nitrogens with one attached hydrogen (secondary N) is 3. The van der Waals surface area contributed by atoms with E-state index in [1.54, 1.807) is 6.20 Å². The van der Waals surface area contributed by atoms with Crippen LogP contribution in [0.25, 0.3) is 0 Å². The van der Waals surface area contributed by atoms with Crippen molar-refractivity contribution >= 4 is 17.6 Å². The molecule has 8 nitrogen and oxygen atoms in total. The zero-order chi connectivity index (χ0) is 19.2. The third-order valence-corrected chi connectivity index (χ3v) is 5.12. The summed E-state index contributed by atoms with van der Waals surface area (Å²) >= 11 is 0. The Kier molecular flexibility index (Phi) is 6.24. The standard InChI is InChI=1S/C19H28N8/c1-4-16-12-15(11-14(3)27(16)9-5-7-20)22-19-21-8-6-17(24-19)23-18-10-13(2)25-26-18/h6,8,10,14-16H,4-5,9,11-12H2,1-3H3,(H3,21,22,23,24,25,26). The molecule has 0 spiro atoms. The molecule has 3 atom stereocenters. The summed E-state index contributed by atoms with van der Waals surface area (Å²) in [6.45, 7) is 7.26. The first-order valence-corrected chi connectivity index (χ1v) is 9.60. The predicted molar refractivity (Wildman–Crippen MR) is 106 cm³/mol. The number of nitriles is 1. The molecule has 2 aromatic rings. The summed E-state index contributed by atoms with van der Waals surface area (Å²) in [4.78, 5) is 11.4. The number of aromatic nitrogens is 4.